The number of aliphatic hydroxyl groups excluding tert-OH is 1. The lowest BCUT2D eigenvalue weighted by molar-refractivity contribution is 0.00578. The summed E-state index contributed by atoms with van der Waals surface area (Å²) in [7, 11) is 1.21. The Kier molecular flexibility index (Phi) is 4.71. The van der Waals surface area contributed by atoms with Crippen molar-refractivity contribution in [1.29, 1.82) is 0 Å². The van der Waals surface area contributed by atoms with Crippen LogP contribution in [-0.4, -0.2) is 36.6 Å². The first-order chi connectivity index (χ1) is 11.2. The summed E-state index contributed by atoms with van der Waals surface area (Å²) in [6.45, 7) is 8.20. The first-order valence-electron chi connectivity index (χ1n) is 8.97. The van der Waals surface area contributed by atoms with Crippen LogP contribution in [0, 0.1) is 0 Å². The molecule has 24 heavy (non-hydrogen) atoms. The van der Waals surface area contributed by atoms with Gasteiger partial charge >= 0.3 is 7.12 Å². The van der Waals surface area contributed by atoms with Crippen molar-refractivity contribution in [2.45, 2.75) is 76.6 Å². The van der Waals surface area contributed by atoms with E-state index >= 15 is 0 Å². The van der Waals surface area contributed by atoms with Crippen LogP contribution in [0.1, 0.15) is 64.9 Å². The number of rotatable bonds is 3. The van der Waals surface area contributed by atoms with Gasteiger partial charge in [-0.3, -0.25) is 0 Å². The van der Waals surface area contributed by atoms with Crippen LogP contribution in [0.3, 0.4) is 0 Å². The van der Waals surface area contributed by atoms with Crippen molar-refractivity contribution in [3.05, 3.63) is 23.8 Å². The maximum Gasteiger partial charge on any atom is 0.498 e. The van der Waals surface area contributed by atoms with Gasteiger partial charge in [0.05, 0.1) is 24.4 Å². The minimum absolute atomic E-state index is 0.186. The molecule has 4 nitrogen and oxygen atoms in total. The number of benzene rings is 1. The highest BCUT2D eigenvalue weighted by atomic mass is 16.7. The Labute approximate surface area is 145 Å². The summed E-state index contributed by atoms with van der Waals surface area (Å²) in [6.07, 6.45) is 3.91. The molecule has 1 N–H and O–H groups in total. The van der Waals surface area contributed by atoms with Crippen LogP contribution in [0.4, 0.5) is 0 Å². The van der Waals surface area contributed by atoms with Crippen LogP contribution >= 0.6 is 0 Å². The summed E-state index contributed by atoms with van der Waals surface area (Å²) in [5.41, 5.74) is 1.28. The largest absolute Gasteiger partial charge is 0.498 e. The molecule has 0 radical (unpaired) electrons. The summed E-state index contributed by atoms with van der Waals surface area (Å²) >= 11 is 0. The third-order valence-corrected chi connectivity index (χ3v) is 5.92. The van der Waals surface area contributed by atoms with Crippen LogP contribution < -0.4 is 10.2 Å². The Morgan fingerprint density at radius 1 is 1.08 bits per heavy atom. The van der Waals surface area contributed by atoms with E-state index in [1.54, 1.807) is 7.11 Å². The van der Waals surface area contributed by atoms with Gasteiger partial charge in [0.15, 0.2) is 0 Å². The van der Waals surface area contributed by atoms with E-state index in [0.717, 1.165) is 36.0 Å². The first kappa shape index (κ1) is 17.8. The fourth-order valence-corrected chi connectivity index (χ4v) is 3.64. The lowest BCUT2D eigenvalue weighted by Gasteiger charge is -2.32. The molecule has 0 amide bonds. The first-order valence-corrected chi connectivity index (χ1v) is 8.97. The second-order valence-electron chi connectivity index (χ2n) is 8.05. The van der Waals surface area contributed by atoms with E-state index < -0.39 is 7.12 Å². The van der Waals surface area contributed by atoms with Gasteiger partial charge in [0.2, 0.25) is 0 Å². The lowest BCUT2D eigenvalue weighted by atomic mass is 9.74. The molecule has 2 aliphatic rings. The molecule has 132 valence electrons. The molecule has 5 heteroatoms. The predicted molar refractivity (Wildman–Crippen MR) is 95.9 cm³/mol. The second kappa shape index (κ2) is 6.36. The molecule has 1 aliphatic heterocycles. The maximum absolute atomic E-state index is 10.4. The molecule has 2 fully saturated rings. The van der Waals surface area contributed by atoms with Gasteiger partial charge in [-0.15, -0.1) is 0 Å². The van der Waals surface area contributed by atoms with Gasteiger partial charge in [-0.05, 0) is 52.2 Å². The molecule has 0 aromatic heterocycles. The quantitative estimate of drug-likeness (QED) is 0.865. The summed E-state index contributed by atoms with van der Waals surface area (Å²) in [6, 6.07) is 6.13. The zero-order valence-electron chi connectivity index (χ0n) is 15.5. The Hall–Kier alpha value is -1.04. The number of ether oxygens (including phenoxy) is 1. The van der Waals surface area contributed by atoms with Crippen LogP contribution in [0.2, 0.25) is 0 Å². The average molecular weight is 332 g/mol. The summed E-state index contributed by atoms with van der Waals surface area (Å²) in [5.74, 6) is 0.952. The Balaban J connectivity index is 1.94. The third-order valence-electron chi connectivity index (χ3n) is 5.92. The molecule has 2 unspecified atom stereocenters. The minimum Gasteiger partial charge on any atom is -0.497 e. The van der Waals surface area contributed by atoms with E-state index in [4.69, 9.17) is 14.0 Å². The van der Waals surface area contributed by atoms with Crippen LogP contribution in [-0.2, 0) is 9.31 Å². The fourth-order valence-electron chi connectivity index (χ4n) is 3.64. The van der Waals surface area contributed by atoms with Crippen molar-refractivity contribution in [2.75, 3.05) is 7.11 Å². The molecule has 1 heterocycles. The Bertz CT molecular complexity index is 583. The van der Waals surface area contributed by atoms with Crippen molar-refractivity contribution < 1.29 is 19.2 Å². The molecular weight excluding hydrogens is 303 g/mol. The monoisotopic (exact) mass is 332 g/mol. The molecule has 1 aromatic carbocycles. The van der Waals surface area contributed by atoms with Crippen molar-refractivity contribution >= 4 is 12.6 Å². The van der Waals surface area contributed by atoms with E-state index in [9.17, 15) is 5.11 Å². The zero-order valence-corrected chi connectivity index (χ0v) is 15.5. The maximum atomic E-state index is 10.4. The Morgan fingerprint density at radius 3 is 2.29 bits per heavy atom. The van der Waals surface area contributed by atoms with Gasteiger partial charge in [-0.25, -0.2) is 0 Å². The zero-order chi connectivity index (χ0) is 17.5. The highest BCUT2D eigenvalue weighted by molar-refractivity contribution is 6.63. The lowest BCUT2D eigenvalue weighted by Crippen LogP contribution is -2.41. The number of hydrogen-bond donors (Lipinski definition) is 1. The van der Waals surface area contributed by atoms with E-state index in [0.29, 0.717) is 0 Å². The van der Waals surface area contributed by atoms with E-state index in [-0.39, 0.29) is 23.2 Å². The molecule has 1 saturated heterocycles. The molecule has 1 saturated carbocycles. The van der Waals surface area contributed by atoms with E-state index in [1.165, 1.54) is 6.42 Å². The summed E-state index contributed by atoms with van der Waals surface area (Å²) < 4.78 is 17.9. The van der Waals surface area contributed by atoms with Gasteiger partial charge in [-0.2, -0.15) is 0 Å². The summed E-state index contributed by atoms with van der Waals surface area (Å²) in [5, 5.41) is 10.4. The predicted octanol–water partition coefficient (Wildman–Crippen LogP) is 3.01. The normalized spacial score (nSPS) is 28.8. The molecule has 3 rings (SSSR count). The van der Waals surface area contributed by atoms with Crippen molar-refractivity contribution in [3.8, 4) is 5.75 Å². The SMILES string of the molecule is COc1ccc(C2CCCCC2O)cc1B1OC(C)(C)C(C)(C)O1. The molecule has 0 spiro atoms. The number of hydrogen-bond acceptors (Lipinski definition) is 4. The topological polar surface area (TPSA) is 47.9 Å². The van der Waals surface area contributed by atoms with E-state index in [1.807, 2.05) is 33.8 Å². The summed E-state index contributed by atoms with van der Waals surface area (Å²) in [4.78, 5) is 0. The van der Waals surface area contributed by atoms with Crippen molar-refractivity contribution in [3.63, 3.8) is 0 Å². The van der Waals surface area contributed by atoms with Crippen molar-refractivity contribution in [1.82, 2.24) is 0 Å². The van der Waals surface area contributed by atoms with Crippen LogP contribution in [0.25, 0.3) is 0 Å². The highest BCUT2D eigenvalue weighted by Crippen LogP contribution is 2.38. The molecule has 0 bridgehead atoms. The van der Waals surface area contributed by atoms with Gasteiger partial charge < -0.3 is 19.2 Å². The van der Waals surface area contributed by atoms with Gasteiger partial charge in [0.1, 0.15) is 5.75 Å². The second-order valence-corrected chi connectivity index (χ2v) is 8.05. The number of methoxy groups -OCH3 is 1. The fraction of sp³-hybridized carbons (Fsp3) is 0.684. The number of aliphatic hydroxyl groups is 1. The van der Waals surface area contributed by atoms with Crippen molar-refractivity contribution in [2.24, 2.45) is 0 Å². The average Bonchev–Trinajstić information content (AvgIpc) is 2.75. The molecule has 2 atom stereocenters. The van der Waals surface area contributed by atoms with Gasteiger partial charge in [-0.1, -0.05) is 25.0 Å². The Morgan fingerprint density at radius 2 is 1.71 bits per heavy atom. The van der Waals surface area contributed by atoms with Gasteiger partial charge in [0.25, 0.3) is 0 Å². The molecule has 1 aromatic rings. The van der Waals surface area contributed by atoms with Crippen LogP contribution in [0.5, 0.6) is 5.75 Å². The van der Waals surface area contributed by atoms with Crippen LogP contribution in [0.15, 0.2) is 18.2 Å². The highest BCUT2D eigenvalue weighted by Gasteiger charge is 2.52. The van der Waals surface area contributed by atoms with Gasteiger partial charge in [0, 0.05) is 11.4 Å². The third kappa shape index (κ3) is 3.09. The van der Waals surface area contributed by atoms with E-state index in [2.05, 4.69) is 12.1 Å². The smallest absolute Gasteiger partial charge is 0.497 e. The standard InChI is InChI=1S/C19H29BO4/c1-18(2)19(3,4)24-20(23-18)15-12-13(10-11-17(15)22-5)14-8-6-7-9-16(14)21/h10-12,14,16,21H,6-9H2,1-5H3. The molecular formula is C19H29BO4. The minimum atomic E-state index is -0.453. The molecule has 1 aliphatic carbocycles.